The Bertz CT molecular complexity index is 371. The summed E-state index contributed by atoms with van der Waals surface area (Å²) in [5.74, 6) is 0. The number of rotatable bonds is 10. The van der Waals surface area contributed by atoms with E-state index >= 15 is 0 Å². The summed E-state index contributed by atoms with van der Waals surface area (Å²) < 4.78 is 33.2. The molecule has 0 spiro atoms. The Morgan fingerprint density at radius 3 is 2.00 bits per heavy atom. The van der Waals surface area contributed by atoms with Gasteiger partial charge in [0.2, 0.25) is 0 Å². The summed E-state index contributed by atoms with van der Waals surface area (Å²) in [6, 6.07) is 0. The summed E-state index contributed by atoms with van der Waals surface area (Å²) in [4.78, 5) is 0. The van der Waals surface area contributed by atoms with E-state index in [1.165, 1.54) is 0 Å². The van der Waals surface area contributed by atoms with Gasteiger partial charge in [-0.15, -0.1) is 0 Å². The minimum atomic E-state index is -3.46. The maximum atomic E-state index is 11.4. The summed E-state index contributed by atoms with van der Waals surface area (Å²) in [6.07, 6.45) is 3.47. The van der Waals surface area contributed by atoms with E-state index in [4.69, 9.17) is 8.92 Å². The van der Waals surface area contributed by atoms with Gasteiger partial charge < -0.3 is 4.74 Å². The van der Waals surface area contributed by atoms with Gasteiger partial charge >= 0.3 is 0 Å². The van der Waals surface area contributed by atoms with Crippen LogP contribution in [0.5, 0.6) is 0 Å². The molecule has 122 valence electrons. The van der Waals surface area contributed by atoms with Crippen molar-refractivity contribution in [2.75, 3.05) is 19.5 Å². The molecule has 0 aromatic heterocycles. The van der Waals surface area contributed by atoms with Crippen molar-refractivity contribution in [2.45, 2.75) is 66.9 Å². The van der Waals surface area contributed by atoms with Crippen LogP contribution in [0.1, 0.15) is 60.8 Å². The first-order chi connectivity index (χ1) is 8.91. The van der Waals surface area contributed by atoms with Crippen LogP contribution in [0, 0.1) is 10.8 Å². The van der Waals surface area contributed by atoms with Crippen molar-refractivity contribution in [1.29, 1.82) is 0 Å². The van der Waals surface area contributed by atoms with Gasteiger partial charge in [0.05, 0.1) is 12.9 Å². The van der Waals surface area contributed by atoms with Crippen LogP contribution >= 0.6 is 0 Å². The van der Waals surface area contributed by atoms with Crippen molar-refractivity contribution >= 4 is 10.1 Å². The van der Waals surface area contributed by atoms with E-state index in [1.807, 2.05) is 6.92 Å². The monoisotopic (exact) mass is 308 g/mol. The quantitative estimate of drug-likeness (QED) is 0.579. The molecule has 0 fully saturated rings. The molecule has 0 heterocycles. The van der Waals surface area contributed by atoms with Crippen LogP contribution in [0.15, 0.2) is 0 Å². The van der Waals surface area contributed by atoms with E-state index < -0.39 is 16.2 Å². The van der Waals surface area contributed by atoms with Gasteiger partial charge in [0.15, 0.2) is 0 Å². The van der Waals surface area contributed by atoms with E-state index in [2.05, 4.69) is 34.6 Å². The van der Waals surface area contributed by atoms with Crippen molar-refractivity contribution in [3.05, 3.63) is 0 Å². The zero-order chi connectivity index (χ0) is 16.0. The van der Waals surface area contributed by atoms with Gasteiger partial charge in [-0.3, -0.25) is 4.18 Å². The second kappa shape index (κ2) is 7.76. The molecule has 0 amide bonds. The van der Waals surface area contributed by atoms with Crippen molar-refractivity contribution in [3.8, 4) is 0 Å². The van der Waals surface area contributed by atoms with Crippen LogP contribution in [0.3, 0.4) is 0 Å². The fourth-order valence-electron chi connectivity index (χ4n) is 2.73. The maximum absolute atomic E-state index is 11.4. The van der Waals surface area contributed by atoms with Crippen LogP contribution in [-0.2, 0) is 19.0 Å². The fraction of sp³-hybridized carbons (Fsp3) is 1.00. The SMILES string of the molecule is CCOCC(CC(C)(C)CC(C)(C)CC)OS(C)(=O)=O. The summed E-state index contributed by atoms with van der Waals surface area (Å²) >= 11 is 0. The normalized spacial score (nSPS) is 15.3. The molecule has 1 atom stereocenters. The van der Waals surface area contributed by atoms with E-state index in [0.717, 1.165) is 19.1 Å². The lowest BCUT2D eigenvalue weighted by Crippen LogP contribution is -2.32. The van der Waals surface area contributed by atoms with Gasteiger partial charge in [-0.25, -0.2) is 0 Å². The molecule has 0 aromatic carbocycles. The van der Waals surface area contributed by atoms with Gasteiger partial charge in [-0.1, -0.05) is 41.0 Å². The highest BCUT2D eigenvalue weighted by molar-refractivity contribution is 7.86. The summed E-state index contributed by atoms with van der Waals surface area (Å²) in [5, 5.41) is 0. The summed E-state index contributed by atoms with van der Waals surface area (Å²) in [7, 11) is -3.46. The second-order valence-electron chi connectivity index (χ2n) is 7.14. The van der Waals surface area contributed by atoms with Gasteiger partial charge in [0.1, 0.15) is 6.10 Å². The maximum Gasteiger partial charge on any atom is 0.264 e. The first kappa shape index (κ1) is 19.9. The molecule has 5 heteroatoms. The number of ether oxygens (including phenoxy) is 1. The van der Waals surface area contributed by atoms with E-state index in [0.29, 0.717) is 19.6 Å². The fourth-order valence-corrected chi connectivity index (χ4v) is 3.34. The van der Waals surface area contributed by atoms with Gasteiger partial charge in [-0.2, -0.15) is 8.42 Å². The van der Waals surface area contributed by atoms with Crippen LogP contribution < -0.4 is 0 Å². The molecule has 0 rings (SSSR count). The molecule has 20 heavy (non-hydrogen) atoms. The van der Waals surface area contributed by atoms with Crippen molar-refractivity contribution in [3.63, 3.8) is 0 Å². The Morgan fingerprint density at radius 1 is 1.05 bits per heavy atom. The molecule has 0 bridgehead atoms. The molecule has 1 unspecified atom stereocenters. The predicted octanol–water partition coefficient (Wildman–Crippen LogP) is 3.61. The Balaban J connectivity index is 4.76. The first-order valence-electron chi connectivity index (χ1n) is 7.37. The lowest BCUT2D eigenvalue weighted by Gasteiger charge is -2.36. The van der Waals surface area contributed by atoms with Crippen LogP contribution in [0.4, 0.5) is 0 Å². The second-order valence-corrected chi connectivity index (χ2v) is 8.75. The van der Waals surface area contributed by atoms with Gasteiger partial charge in [0.25, 0.3) is 10.1 Å². The molecular formula is C15H32O4S. The minimum Gasteiger partial charge on any atom is -0.379 e. The Labute approximate surface area is 125 Å². The van der Waals surface area contributed by atoms with Crippen molar-refractivity contribution in [1.82, 2.24) is 0 Å². The van der Waals surface area contributed by atoms with Crippen molar-refractivity contribution < 1.29 is 17.3 Å². The predicted molar refractivity (Wildman–Crippen MR) is 83.3 cm³/mol. The minimum absolute atomic E-state index is 0.00592. The van der Waals surface area contributed by atoms with E-state index in [9.17, 15) is 8.42 Å². The third kappa shape index (κ3) is 9.72. The average molecular weight is 308 g/mol. The highest BCUT2D eigenvalue weighted by Crippen LogP contribution is 2.39. The Kier molecular flexibility index (Phi) is 7.71. The smallest absolute Gasteiger partial charge is 0.264 e. The summed E-state index contributed by atoms with van der Waals surface area (Å²) in [5.41, 5.74) is 0.247. The number of hydrogen-bond donors (Lipinski definition) is 0. The molecule has 0 saturated heterocycles. The molecule has 4 nitrogen and oxygen atoms in total. The van der Waals surface area contributed by atoms with Crippen molar-refractivity contribution in [2.24, 2.45) is 10.8 Å². The highest BCUT2D eigenvalue weighted by atomic mass is 32.2. The number of hydrogen-bond acceptors (Lipinski definition) is 4. The molecule has 0 radical (unpaired) electrons. The average Bonchev–Trinajstić information content (AvgIpc) is 2.21. The summed E-state index contributed by atoms with van der Waals surface area (Å²) in [6.45, 7) is 13.8. The van der Waals surface area contributed by atoms with Gasteiger partial charge in [-0.05, 0) is 30.6 Å². The first-order valence-corrected chi connectivity index (χ1v) is 9.18. The molecule has 0 aliphatic rings. The third-order valence-corrected chi connectivity index (χ3v) is 4.13. The Hall–Kier alpha value is -0.130. The lowest BCUT2D eigenvalue weighted by molar-refractivity contribution is 0.0268. The molecular weight excluding hydrogens is 276 g/mol. The van der Waals surface area contributed by atoms with Crippen LogP contribution in [0.2, 0.25) is 0 Å². The van der Waals surface area contributed by atoms with E-state index in [1.54, 1.807) is 0 Å². The molecule has 0 saturated carbocycles. The van der Waals surface area contributed by atoms with Crippen LogP contribution in [0.25, 0.3) is 0 Å². The Morgan fingerprint density at radius 2 is 1.60 bits per heavy atom. The van der Waals surface area contributed by atoms with E-state index in [-0.39, 0.29) is 10.8 Å². The molecule has 0 aliphatic heterocycles. The van der Waals surface area contributed by atoms with Gasteiger partial charge in [0, 0.05) is 6.61 Å². The largest absolute Gasteiger partial charge is 0.379 e. The van der Waals surface area contributed by atoms with Crippen LogP contribution in [-0.4, -0.2) is 34.0 Å². The zero-order valence-corrected chi connectivity index (χ0v) is 15.0. The topological polar surface area (TPSA) is 52.6 Å². The molecule has 0 aromatic rings. The molecule has 0 aliphatic carbocycles. The molecule has 0 N–H and O–H groups in total. The third-order valence-electron chi connectivity index (χ3n) is 3.51. The lowest BCUT2D eigenvalue weighted by atomic mass is 9.71. The standard InChI is InChI=1S/C15H32O4S/c1-8-14(3,4)12-15(5,6)10-13(11-18-9-2)19-20(7,16)17/h13H,8-12H2,1-7H3. The highest BCUT2D eigenvalue weighted by Gasteiger charge is 2.31. The zero-order valence-electron chi connectivity index (χ0n) is 14.2.